The number of fused-ring (bicyclic) bond motifs is 1. The van der Waals surface area contributed by atoms with Crippen LogP contribution in [0, 0.1) is 5.41 Å². The number of rotatable bonds is 4. The van der Waals surface area contributed by atoms with E-state index in [-0.39, 0.29) is 5.41 Å². The van der Waals surface area contributed by atoms with Gasteiger partial charge < -0.3 is 14.2 Å². The third kappa shape index (κ3) is 3.05. The van der Waals surface area contributed by atoms with Gasteiger partial charge in [0.2, 0.25) is 5.62 Å². The Morgan fingerprint density at radius 2 is 1.71 bits per heavy atom. The summed E-state index contributed by atoms with van der Waals surface area (Å²) in [6.45, 7) is 9.85. The molecule has 2 rings (SSSR count). The smallest absolute Gasteiger partial charge is 0.205 e. The number of aliphatic hydroxyl groups excluding tert-OH is 1. The van der Waals surface area contributed by atoms with Gasteiger partial charge in [0.15, 0.2) is 0 Å². The maximum Gasteiger partial charge on any atom is 0.205 e. The van der Waals surface area contributed by atoms with E-state index in [1.54, 1.807) is 0 Å². The highest BCUT2D eigenvalue weighted by atomic mass is 16.3. The average Bonchev–Trinajstić information content (AvgIpc) is 2.72. The zero-order valence-corrected chi connectivity index (χ0v) is 13.8. The summed E-state index contributed by atoms with van der Waals surface area (Å²) in [6.07, 6.45) is 0.645. The number of hydrogen-bond donors (Lipinski definition) is 1. The van der Waals surface area contributed by atoms with Gasteiger partial charge >= 0.3 is 0 Å². The molecule has 0 aliphatic heterocycles. The molecule has 0 aliphatic rings. The molecule has 116 valence electrons. The standard InChI is InChI=1S/C17H27N3O/c1-6-11-19-13-9-7-8-10-14(13)20(16(19)18-5)12-15(21)17(2,3)4/h7-10,15,21H,6,11-12H2,1-5H3. The first-order chi connectivity index (χ1) is 9.90. The Labute approximate surface area is 126 Å². The zero-order chi connectivity index (χ0) is 15.6. The van der Waals surface area contributed by atoms with Gasteiger partial charge in [0.05, 0.1) is 23.7 Å². The van der Waals surface area contributed by atoms with Crippen LogP contribution in [0.4, 0.5) is 0 Å². The van der Waals surface area contributed by atoms with Crippen molar-refractivity contribution in [2.45, 2.75) is 53.3 Å². The van der Waals surface area contributed by atoms with Crippen molar-refractivity contribution in [3.63, 3.8) is 0 Å². The highest BCUT2D eigenvalue weighted by molar-refractivity contribution is 5.75. The molecule has 0 amide bonds. The molecule has 4 nitrogen and oxygen atoms in total. The molecule has 1 aromatic heterocycles. The van der Waals surface area contributed by atoms with Crippen molar-refractivity contribution >= 4 is 11.0 Å². The molecule has 0 saturated heterocycles. The Bertz CT molecular complexity index is 673. The summed E-state index contributed by atoms with van der Waals surface area (Å²) < 4.78 is 4.38. The van der Waals surface area contributed by atoms with Crippen LogP contribution in [0.5, 0.6) is 0 Å². The first-order valence-electron chi connectivity index (χ1n) is 7.69. The molecule has 4 heteroatoms. The van der Waals surface area contributed by atoms with Crippen molar-refractivity contribution in [1.82, 2.24) is 9.13 Å². The molecule has 1 N–H and O–H groups in total. The third-order valence-electron chi connectivity index (χ3n) is 3.95. The van der Waals surface area contributed by atoms with Gasteiger partial charge in [-0.1, -0.05) is 39.8 Å². The van der Waals surface area contributed by atoms with Crippen molar-refractivity contribution in [2.24, 2.45) is 10.4 Å². The van der Waals surface area contributed by atoms with Crippen LogP contribution < -0.4 is 5.62 Å². The van der Waals surface area contributed by atoms with Crippen LogP contribution in [0.3, 0.4) is 0 Å². The van der Waals surface area contributed by atoms with E-state index in [0.717, 1.165) is 24.1 Å². The molecule has 0 radical (unpaired) electrons. The van der Waals surface area contributed by atoms with Crippen LogP contribution in [0.1, 0.15) is 34.1 Å². The van der Waals surface area contributed by atoms with E-state index in [4.69, 9.17) is 0 Å². The predicted octanol–water partition coefficient (Wildman–Crippen LogP) is 2.79. The van der Waals surface area contributed by atoms with Crippen LogP contribution >= 0.6 is 0 Å². The summed E-state index contributed by atoms with van der Waals surface area (Å²) in [7, 11) is 1.82. The summed E-state index contributed by atoms with van der Waals surface area (Å²) in [5, 5.41) is 10.5. The topological polar surface area (TPSA) is 42.5 Å². The van der Waals surface area contributed by atoms with Crippen LogP contribution in [-0.2, 0) is 13.1 Å². The molecule has 0 aliphatic carbocycles. The Balaban J connectivity index is 2.62. The minimum atomic E-state index is -0.413. The van der Waals surface area contributed by atoms with Gasteiger partial charge in [0.1, 0.15) is 0 Å². The third-order valence-corrected chi connectivity index (χ3v) is 3.95. The summed E-state index contributed by atoms with van der Waals surface area (Å²) in [5.74, 6) is 0. The Hall–Kier alpha value is -1.55. The van der Waals surface area contributed by atoms with Crippen molar-refractivity contribution < 1.29 is 5.11 Å². The van der Waals surface area contributed by atoms with Crippen LogP contribution in [-0.4, -0.2) is 27.4 Å². The highest BCUT2D eigenvalue weighted by Gasteiger charge is 2.24. The van der Waals surface area contributed by atoms with Gasteiger partial charge in [0.25, 0.3) is 0 Å². The molecule has 2 aromatic rings. The van der Waals surface area contributed by atoms with Gasteiger partial charge in [-0.25, -0.2) is 0 Å². The number of nitrogens with zero attached hydrogens (tertiary/aromatic N) is 3. The van der Waals surface area contributed by atoms with Crippen LogP contribution in [0.15, 0.2) is 29.3 Å². The molecule has 0 bridgehead atoms. The Morgan fingerprint density at radius 1 is 1.14 bits per heavy atom. The first kappa shape index (κ1) is 15.8. The monoisotopic (exact) mass is 289 g/mol. The summed E-state index contributed by atoms with van der Waals surface area (Å²) >= 11 is 0. The number of imidazole rings is 1. The average molecular weight is 289 g/mol. The number of benzene rings is 1. The van der Waals surface area contributed by atoms with E-state index in [9.17, 15) is 5.11 Å². The maximum atomic E-state index is 10.5. The minimum Gasteiger partial charge on any atom is -0.391 e. The molecular weight excluding hydrogens is 262 g/mol. The van der Waals surface area contributed by atoms with Gasteiger partial charge in [-0.15, -0.1) is 0 Å². The van der Waals surface area contributed by atoms with E-state index in [0.29, 0.717) is 6.54 Å². The quantitative estimate of drug-likeness (QED) is 0.924. The fourth-order valence-corrected chi connectivity index (χ4v) is 2.59. The molecule has 1 atom stereocenters. The molecule has 0 saturated carbocycles. The molecule has 21 heavy (non-hydrogen) atoms. The van der Waals surface area contributed by atoms with Gasteiger partial charge in [-0.2, -0.15) is 0 Å². The fraction of sp³-hybridized carbons (Fsp3) is 0.588. The highest BCUT2D eigenvalue weighted by Crippen LogP contribution is 2.22. The normalized spacial score (nSPS) is 14.9. The molecule has 1 unspecified atom stereocenters. The lowest BCUT2D eigenvalue weighted by molar-refractivity contribution is 0.0479. The molecule has 0 spiro atoms. The van der Waals surface area contributed by atoms with Gasteiger partial charge in [-0.05, 0) is 24.0 Å². The SMILES string of the molecule is CCCn1c(=NC)n(CC(O)C(C)(C)C)c2ccccc21. The number of aryl methyl sites for hydroxylation is 1. The molecule has 0 fully saturated rings. The van der Waals surface area contributed by atoms with Gasteiger partial charge in [0, 0.05) is 13.6 Å². The first-order valence-corrected chi connectivity index (χ1v) is 7.69. The fourth-order valence-electron chi connectivity index (χ4n) is 2.59. The second-order valence-electron chi connectivity index (χ2n) is 6.66. The van der Waals surface area contributed by atoms with Crippen molar-refractivity contribution in [1.29, 1.82) is 0 Å². The van der Waals surface area contributed by atoms with E-state index in [1.807, 2.05) is 13.1 Å². The lowest BCUT2D eigenvalue weighted by Crippen LogP contribution is -2.35. The van der Waals surface area contributed by atoms with Crippen molar-refractivity contribution in [3.05, 3.63) is 29.9 Å². The Kier molecular flexibility index (Phi) is 4.57. The molecule has 1 aromatic carbocycles. The lowest BCUT2D eigenvalue weighted by atomic mass is 9.89. The minimum absolute atomic E-state index is 0.147. The van der Waals surface area contributed by atoms with E-state index < -0.39 is 6.10 Å². The van der Waals surface area contributed by atoms with Gasteiger partial charge in [-0.3, -0.25) is 4.99 Å². The summed E-state index contributed by atoms with van der Waals surface area (Å²) in [5.41, 5.74) is 3.10. The number of aromatic nitrogens is 2. The number of hydrogen-bond acceptors (Lipinski definition) is 2. The van der Waals surface area contributed by atoms with Crippen molar-refractivity contribution in [2.75, 3.05) is 7.05 Å². The second kappa shape index (κ2) is 6.06. The maximum absolute atomic E-state index is 10.5. The number of aliphatic hydroxyl groups is 1. The zero-order valence-electron chi connectivity index (χ0n) is 13.8. The van der Waals surface area contributed by atoms with Crippen LogP contribution in [0.25, 0.3) is 11.0 Å². The summed E-state index contributed by atoms with van der Waals surface area (Å²) in [6, 6.07) is 8.32. The van der Waals surface area contributed by atoms with E-state index in [2.05, 4.69) is 60.0 Å². The predicted molar refractivity (Wildman–Crippen MR) is 87.2 cm³/mol. The lowest BCUT2D eigenvalue weighted by Gasteiger charge is -2.26. The van der Waals surface area contributed by atoms with E-state index >= 15 is 0 Å². The van der Waals surface area contributed by atoms with E-state index in [1.165, 1.54) is 5.52 Å². The Morgan fingerprint density at radius 3 is 2.19 bits per heavy atom. The second-order valence-corrected chi connectivity index (χ2v) is 6.66. The molecule has 1 heterocycles. The number of para-hydroxylation sites is 2. The van der Waals surface area contributed by atoms with Crippen molar-refractivity contribution in [3.8, 4) is 0 Å². The largest absolute Gasteiger partial charge is 0.391 e. The summed E-state index contributed by atoms with van der Waals surface area (Å²) in [4.78, 5) is 4.48. The van der Waals surface area contributed by atoms with Crippen LogP contribution in [0.2, 0.25) is 0 Å². The molecular formula is C17H27N3O.